The smallest absolute Gasteiger partial charge is 0.226 e. The molecule has 1 N–H and O–H groups in total. The van der Waals surface area contributed by atoms with E-state index in [4.69, 9.17) is 0 Å². The van der Waals surface area contributed by atoms with Crippen molar-refractivity contribution in [3.63, 3.8) is 0 Å². The molecule has 1 aliphatic carbocycles. The number of carbonyl (C=O) groups excluding carboxylic acids is 1. The molecule has 1 amide bonds. The van der Waals surface area contributed by atoms with Crippen LogP contribution in [0.25, 0.3) is 0 Å². The number of halogens is 2. The van der Waals surface area contributed by atoms with Gasteiger partial charge in [-0.2, -0.15) is 0 Å². The van der Waals surface area contributed by atoms with E-state index in [1.807, 2.05) is 4.90 Å². The minimum Gasteiger partial charge on any atom is -0.342 e. The second-order valence-corrected chi connectivity index (χ2v) is 7.99. The van der Waals surface area contributed by atoms with E-state index in [9.17, 15) is 13.6 Å². The molecule has 3 aliphatic rings. The molecule has 1 aromatic heterocycles. The molecule has 6 nitrogen and oxygen atoms in total. The van der Waals surface area contributed by atoms with E-state index in [0.29, 0.717) is 31.0 Å². The number of amides is 1. The zero-order valence-corrected chi connectivity index (χ0v) is 15.6. The fourth-order valence-corrected chi connectivity index (χ4v) is 4.63. The normalized spacial score (nSPS) is 24.9. The lowest BCUT2D eigenvalue weighted by molar-refractivity contribution is -0.133. The van der Waals surface area contributed by atoms with Crippen molar-refractivity contribution in [2.45, 2.75) is 44.2 Å². The molecule has 1 saturated heterocycles. The Morgan fingerprint density at radius 1 is 1.14 bits per heavy atom. The highest BCUT2D eigenvalue weighted by Gasteiger charge is 2.47. The summed E-state index contributed by atoms with van der Waals surface area (Å²) in [5.74, 6) is 0.332. The molecule has 0 spiro atoms. The van der Waals surface area contributed by atoms with Crippen LogP contribution in [0.5, 0.6) is 0 Å². The summed E-state index contributed by atoms with van der Waals surface area (Å²) in [5, 5.41) is 12.0. The summed E-state index contributed by atoms with van der Waals surface area (Å²) in [6, 6.07) is 4.21. The first-order chi connectivity index (χ1) is 13.6. The van der Waals surface area contributed by atoms with Gasteiger partial charge in [0.15, 0.2) is 11.6 Å². The van der Waals surface area contributed by atoms with E-state index in [1.165, 1.54) is 6.07 Å². The van der Waals surface area contributed by atoms with Gasteiger partial charge in [-0.25, -0.2) is 8.78 Å². The van der Waals surface area contributed by atoms with Crippen LogP contribution in [0.1, 0.15) is 48.3 Å². The summed E-state index contributed by atoms with van der Waals surface area (Å²) in [6.07, 6.45) is 2.33. The molecule has 2 aliphatic heterocycles. The van der Waals surface area contributed by atoms with Crippen molar-refractivity contribution in [3.05, 3.63) is 47.0 Å². The lowest BCUT2D eigenvalue weighted by Crippen LogP contribution is -2.40. The van der Waals surface area contributed by atoms with Crippen molar-refractivity contribution in [2.24, 2.45) is 5.92 Å². The molecule has 0 radical (unpaired) electrons. The van der Waals surface area contributed by atoms with Crippen molar-refractivity contribution >= 4 is 5.91 Å². The lowest BCUT2D eigenvalue weighted by atomic mass is 9.95. The molecule has 2 unspecified atom stereocenters. The number of carbonyl (C=O) groups is 1. The minimum atomic E-state index is -0.844. The molecule has 5 rings (SSSR count). The highest BCUT2D eigenvalue weighted by molar-refractivity contribution is 5.83. The largest absolute Gasteiger partial charge is 0.342 e. The summed E-state index contributed by atoms with van der Waals surface area (Å²) in [7, 11) is 0. The molecule has 3 heterocycles. The average Bonchev–Trinajstić information content (AvgIpc) is 3.40. The average molecular weight is 387 g/mol. The first-order valence-corrected chi connectivity index (χ1v) is 9.99. The summed E-state index contributed by atoms with van der Waals surface area (Å²) < 4.78 is 29.7. The number of fused-ring (bicyclic) bond motifs is 1. The van der Waals surface area contributed by atoms with Crippen molar-refractivity contribution < 1.29 is 13.6 Å². The van der Waals surface area contributed by atoms with Gasteiger partial charge in [-0.15, -0.1) is 10.2 Å². The summed E-state index contributed by atoms with van der Waals surface area (Å²) >= 11 is 0. The van der Waals surface area contributed by atoms with Crippen LogP contribution in [0.3, 0.4) is 0 Å². The van der Waals surface area contributed by atoms with Crippen molar-refractivity contribution in [2.75, 3.05) is 19.6 Å². The van der Waals surface area contributed by atoms with Gasteiger partial charge >= 0.3 is 0 Å². The van der Waals surface area contributed by atoms with Crippen LogP contribution in [0.4, 0.5) is 8.78 Å². The highest BCUT2D eigenvalue weighted by atomic mass is 19.2. The van der Waals surface area contributed by atoms with Crippen LogP contribution in [0.2, 0.25) is 0 Å². The van der Waals surface area contributed by atoms with Crippen LogP contribution in [-0.4, -0.2) is 45.2 Å². The van der Waals surface area contributed by atoms with E-state index in [-0.39, 0.29) is 17.7 Å². The number of nitrogens with zero attached hydrogens (tertiary/aromatic N) is 4. The molecule has 0 bridgehead atoms. The van der Waals surface area contributed by atoms with Crippen LogP contribution < -0.4 is 5.32 Å². The standard InChI is InChI=1S/C20H23F2N5O/c21-16-3-1-2-13(18(16)22)14-10-15(14)20(28)26-7-4-12(5-8-26)19-25-24-17-11-23-6-9-27(17)19/h1-3,12,14-15,23H,4-11H2. The van der Waals surface area contributed by atoms with E-state index >= 15 is 0 Å². The molecule has 8 heteroatoms. The molecule has 148 valence electrons. The second-order valence-electron chi connectivity index (χ2n) is 7.99. The van der Waals surface area contributed by atoms with Crippen LogP contribution in [-0.2, 0) is 17.9 Å². The Labute approximate surface area is 161 Å². The monoisotopic (exact) mass is 387 g/mol. The van der Waals surface area contributed by atoms with E-state index in [2.05, 4.69) is 20.1 Å². The van der Waals surface area contributed by atoms with Gasteiger partial charge in [0.1, 0.15) is 11.6 Å². The molecule has 1 saturated carbocycles. The Morgan fingerprint density at radius 3 is 2.79 bits per heavy atom. The van der Waals surface area contributed by atoms with Gasteiger partial charge in [0.25, 0.3) is 0 Å². The van der Waals surface area contributed by atoms with Crippen LogP contribution in [0, 0.1) is 17.6 Å². The Kier molecular flexibility index (Phi) is 4.38. The maximum Gasteiger partial charge on any atom is 0.226 e. The summed E-state index contributed by atoms with van der Waals surface area (Å²) in [5.41, 5.74) is 0.330. The maximum atomic E-state index is 14.0. The van der Waals surface area contributed by atoms with Gasteiger partial charge in [-0.05, 0) is 36.8 Å². The predicted octanol–water partition coefficient (Wildman–Crippen LogP) is 2.17. The van der Waals surface area contributed by atoms with Gasteiger partial charge in [-0.3, -0.25) is 4.79 Å². The Balaban J connectivity index is 1.21. The molecule has 2 aromatic rings. The first kappa shape index (κ1) is 17.7. The molecule has 2 fully saturated rings. The van der Waals surface area contributed by atoms with Gasteiger partial charge in [0, 0.05) is 38.0 Å². The number of piperidine rings is 1. The second kappa shape index (κ2) is 6.92. The first-order valence-electron chi connectivity index (χ1n) is 9.99. The molecular formula is C20H23F2N5O. The number of hydrogen-bond donors (Lipinski definition) is 1. The fraction of sp³-hybridized carbons (Fsp3) is 0.550. The number of aromatic nitrogens is 3. The Morgan fingerprint density at radius 2 is 1.96 bits per heavy atom. The number of hydrogen-bond acceptors (Lipinski definition) is 4. The molecule has 28 heavy (non-hydrogen) atoms. The van der Waals surface area contributed by atoms with Gasteiger partial charge in [0.05, 0.1) is 6.54 Å². The summed E-state index contributed by atoms with van der Waals surface area (Å²) in [4.78, 5) is 14.7. The zero-order chi connectivity index (χ0) is 19.3. The van der Waals surface area contributed by atoms with Gasteiger partial charge < -0.3 is 14.8 Å². The van der Waals surface area contributed by atoms with E-state index < -0.39 is 11.6 Å². The third kappa shape index (κ3) is 2.99. The fourth-order valence-electron chi connectivity index (χ4n) is 4.63. The Bertz CT molecular complexity index is 906. The number of likely N-dealkylation sites (tertiary alicyclic amines) is 1. The predicted molar refractivity (Wildman–Crippen MR) is 97.5 cm³/mol. The third-order valence-electron chi connectivity index (χ3n) is 6.31. The number of rotatable bonds is 3. The van der Waals surface area contributed by atoms with E-state index in [0.717, 1.165) is 50.2 Å². The van der Waals surface area contributed by atoms with Crippen LogP contribution in [0.15, 0.2) is 18.2 Å². The van der Waals surface area contributed by atoms with Crippen molar-refractivity contribution in [1.82, 2.24) is 25.0 Å². The van der Waals surface area contributed by atoms with Gasteiger partial charge in [-0.1, -0.05) is 12.1 Å². The molecule has 2 atom stereocenters. The maximum absolute atomic E-state index is 14.0. The Hall–Kier alpha value is -2.35. The lowest BCUT2D eigenvalue weighted by Gasteiger charge is -2.32. The number of nitrogens with one attached hydrogen (secondary N) is 1. The topological polar surface area (TPSA) is 63.1 Å². The highest BCUT2D eigenvalue weighted by Crippen LogP contribution is 2.49. The van der Waals surface area contributed by atoms with Gasteiger partial charge in [0.2, 0.25) is 5.91 Å². The zero-order valence-electron chi connectivity index (χ0n) is 15.6. The van der Waals surface area contributed by atoms with Crippen LogP contribution >= 0.6 is 0 Å². The van der Waals surface area contributed by atoms with Crippen molar-refractivity contribution in [3.8, 4) is 0 Å². The minimum absolute atomic E-state index is 0.0691. The summed E-state index contributed by atoms with van der Waals surface area (Å²) in [6.45, 7) is 3.93. The molecular weight excluding hydrogens is 364 g/mol. The SMILES string of the molecule is O=C(C1CC1c1cccc(F)c1F)N1CCC(c2nnc3n2CCNC3)CC1. The number of benzene rings is 1. The van der Waals surface area contributed by atoms with Crippen molar-refractivity contribution in [1.29, 1.82) is 0 Å². The molecule has 1 aromatic carbocycles. The van der Waals surface area contributed by atoms with E-state index in [1.54, 1.807) is 6.07 Å². The third-order valence-corrected chi connectivity index (χ3v) is 6.31. The quantitative estimate of drug-likeness (QED) is 0.877.